The molecule has 1 aromatic carbocycles. The zero-order chi connectivity index (χ0) is 19.9. The number of unbranched alkanes of at least 4 members (excludes halogenated alkanes) is 2. The first kappa shape index (κ1) is 21.8. The van der Waals surface area contributed by atoms with Crippen LogP contribution in [0.1, 0.15) is 25.7 Å². The molecule has 0 aromatic heterocycles. The van der Waals surface area contributed by atoms with Crippen molar-refractivity contribution in [2.24, 2.45) is 0 Å². The number of ether oxygens (including phenoxy) is 2. The van der Waals surface area contributed by atoms with E-state index in [9.17, 15) is 9.59 Å². The standard InChI is InChI=1S/C19H25N3O5/c1-26-16-6-8-17(9-7-16)27-12-11-21-14-15(13-20)19(25)22-10-4-2-3-5-18(23)24/h6-9,14,21H,2-5,10-12H2,1H3,(H,22,25)(H,23,24)/b15-14-. The summed E-state index contributed by atoms with van der Waals surface area (Å²) in [6.45, 7) is 1.20. The maximum Gasteiger partial charge on any atom is 0.303 e. The summed E-state index contributed by atoms with van der Waals surface area (Å²) >= 11 is 0. The van der Waals surface area contributed by atoms with E-state index in [1.54, 1.807) is 31.4 Å². The average molecular weight is 375 g/mol. The third-order valence-electron chi connectivity index (χ3n) is 3.54. The van der Waals surface area contributed by atoms with E-state index in [0.717, 1.165) is 5.75 Å². The van der Waals surface area contributed by atoms with E-state index in [4.69, 9.17) is 19.8 Å². The molecule has 3 N–H and O–H groups in total. The molecule has 0 heterocycles. The molecule has 1 aromatic rings. The maximum absolute atomic E-state index is 11.9. The quantitative estimate of drug-likeness (QED) is 0.273. The molecule has 1 rings (SSSR count). The van der Waals surface area contributed by atoms with Crippen molar-refractivity contribution in [3.63, 3.8) is 0 Å². The smallest absolute Gasteiger partial charge is 0.303 e. The van der Waals surface area contributed by atoms with Crippen LogP contribution >= 0.6 is 0 Å². The van der Waals surface area contributed by atoms with Crippen LogP contribution in [0.3, 0.4) is 0 Å². The van der Waals surface area contributed by atoms with E-state index in [1.807, 2.05) is 6.07 Å². The molecule has 0 aliphatic heterocycles. The molecule has 0 spiro atoms. The van der Waals surface area contributed by atoms with E-state index >= 15 is 0 Å². The SMILES string of the molecule is COc1ccc(OCCN/C=C(/C#N)C(=O)NCCCCCC(=O)O)cc1. The van der Waals surface area contributed by atoms with Crippen LogP contribution in [0.15, 0.2) is 36.0 Å². The van der Waals surface area contributed by atoms with E-state index in [2.05, 4.69) is 10.6 Å². The minimum atomic E-state index is -0.823. The van der Waals surface area contributed by atoms with Crippen LogP contribution in [0.25, 0.3) is 0 Å². The van der Waals surface area contributed by atoms with Crippen molar-refractivity contribution in [3.8, 4) is 17.6 Å². The second-order valence-corrected chi connectivity index (χ2v) is 5.61. The lowest BCUT2D eigenvalue weighted by molar-refractivity contribution is -0.137. The number of aliphatic carboxylic acids is 1. The molecule has 146 valence electrons. The number of nitrogens with one attached hydrogen (secondary N) is 2. The zero-order valence-electron chi connectivity index (χ0n) is 15.4. The van der Waals surface area contributed by atoms with Gasteiger partial charge in [-0.05, 0) is 37.1 Å². The summed E-state index contributed by atoms with van der Waals surface area (Å²) < 4.78 is 10.6. The molecular weight excluding hydrogens is 350 g/mol. The lowest BCUT2D eigenvalue weighted by atomic mass is 10.2. The van der Waals surface area contributed by atoms with Crippen molar-refractivity contribution >= 4 is 11.9 Å². The predicted molar refractivity (Wildman–Crippen MR) is 99.3 cm³/mol. The molecule has 0 aliphatic carbocycles. The molecule has 1 amide bonds. The lowest BCUT2D eigenvalue weighted by Gasteiger charge is -2.07. The molecule has 8 heteroatoms. The number of methoxy groups -OCH3 is 1. The summed E-state index contributed by atoms with van der Waals surface area (Å²) in [6.07, 6.45) is 3.43. The third-order valence-corrected chi connectivity index (χ3v) is 3.54. The van der Waals surface area contributed by atoms with Gasteiger partial charge in [-0.15, -0.1) is 0 Å². The first-order valence-corrected chi connectivity index (χ1v) is 8.67. The van der Waals surface area contributed by atoms with Gasteiger partial charge in [0.15, 0.2) is 0 Å². The fraction of sp³-hybridized carbons (Fsp3) is 0.421. The number of carboxylic acid groups (broad SMARTS) is 1. The van der Waals surface area contributed by atoms with Crippen LogP contribution in [0.5, 0.6) is 11.5 Å². The van der Waals surface area contributed by atoms with Gasteiger partial charge >= 0.3 is 5.97 Å². The van der Waals surface area contributed by atoms with Gasteiger partial charge in [0.2, 0.25) is 0 Å². The molecule has 0 radical (unpaired) electrons. The summed E-state index contributed by atoms with van der Waals surface area (Å²) in [4.78, 5) is 22.3. The summed E-state index contributed by atoms with van der Waals surface area (Å²) in [5.74, 6) is 0.160. The molecule has 0 saturated heterocycles. The summed E-state index contributed by atoms with van der Waals surface area (Å²) in [6, 6.07) is 9.01. The molecule has 0 aliphatic rings. The van der Waals surface area contributed by atoms with Crippen molar-refractivity contribution in [1.29, 1.82) is 5.26 Å². The van der Waals surface area contributed by atoms with Gasteiger partial charge in [0.25, 0.3) is 5.91 Å². The Morgan fingerprint density at radius 2 is 1.85 bits per heavy atom. The van der Waals surface area contributed by atoms with Gasteiger partial charge in [-0.3, -0.25) is 9.59 Å². The van der Waals surface area contributed by atoms with Crippen molar-refractivity contribution in [2.45, 2.75) is 25.7 Å². The zero-order valence-corrected chi connectivity index (χ0v) is 15.4. The highest BCUT2D eigenvalue weighted by atomic mass is 16.5. The molecule has 0 atom stereocenters. The predicted octanol–water partition coefficient (Wildman–Crippen LogP) is 1.83. The number of carboxylic acids is 1. The van der Waals surface area contributed by atoms with Crippen molar-refractivity contribution in [1.82, 2.24) is 10.6 Å². The lowest BCUT2D eigenvalue weighted by Crippen LogP contribution is -2.27. The second-order valence-electron chi connectivity index (χ2n) is 5.61. The van der Waals surface area contributed by atoms with Gasteiger partial charge in [0.1, 0.15) is 29.7 Å². The molecule has 0 saturated carbocycles. The Morgan fingerprint density at radius 3 is 2.48 bits per heavy atom. The number of nitriles is 1. The molecule has 0 fully saturated rings. The molecular formula is C19H25N3O5. The van der Waals surface area contributed by atoms with Gasteiger partial charge in [-0.25, -0.2) is 0 Å². The number of amides is 1. The van der Waals surface area contributed by atoms with Gasteiger partial charge in [0, 0.05) is 25.7 Å². The Labute approximate surface area is 158 Å². The van der Waals surface area contributed by atoms with E-state index < -0.39 is 11.9 Å². The average Bonchev–Trinajstić information content (AvgIpc) is 2.67. The van der Waals surface area contributed by atoms with Gasteiger partial charge in [0.05, 0.1) is 7.11 Å². The number of carbonyl (C=O) groups excluding carboxylic acids is 1. The summed E-state index contributed by atoms with van der Waals surface area (Å²) in [5.41, 5.74) is -0.0232. The minimum absolute atomic E-state index is 0.0232. The molecule has 0 bridgehead atoms. The number of hydrogen-bond donors (Lipinski definition) is 3. The fourth-order valence-corrected chi connectivity index (χ4v) is 2.10. The van der Waals surface area contributed by atoms with Crippen molar-refractivity contribution < 1.29 is 24.2 Å². The Bertz CT molecular complexity index is 665. The molecule has 27 heavy (non-hydrogen) atoms. The maximum atomic E-state index is 11.9. The van der Waals surface area contributed by atoms with Gasteiger partial charge in [-0.2, -0.15) is 5.26 Å². The van der Waals surface area contributed by atoms with Gasteiger partial charge < -0.3 is 25.2 Å². The van der Waals surface area contributed by atoms with E-state index in [1.165, 1.54) is 6.20 Å². The van der Waals surface area contributed by atoms with Crippen LogP contribution in [-0.4, -0.2) is 43.8 Å². The van der Waals surface area contributed by atoms with E-state index in [0.29, 0.717) is 44.7 Å². The Morgan fingerprint density at radius 1 is 1.15 bits per heavy atom. The fourth-order valence-electron chi connectivity index (χ4n) is 2.10. The Kier molecular flexibility index (Phi) is 10.6. The van der Waals surface area contributed by atoms with Crippen LogP contribution in [0.2, 0.25) is 0 Å². The largest absolute Gasteiger partial charge is 0.497 e. The highest BCUT2D eigenvalue weighted by Gasteiger charge is 2.07. The molecule has 8 nitrogen and oxygen atoms in total. The van der Waals surface area contributed by atoms with Crippen LogP contribution in [0, 0.1) is 11.3 Å². The number of nitrogens with zero attached hydrogens (tertiary/aromatic N) is 1. The third kappa shape index (κ3) is 9.75. The minimum Gasteiger partial charge on any atom is -0.497 e. The normalized spacial score (nSPS) is 10.6. The number of hydrogen-bond acceptors (Lipinski definition) is 6. The summed E-state index contributed by atoms with van der Waals surface area (Å²) in [5, 5.41) is 23.1. The second kappa shape index (κ2) is 13.1. The van der Waals surface area contributed by atoms with Crippen molar-refractivity contribution in [3.05, 3.63) is 36.0 Å². The number of benzene rings is 1. The first-order chi connectivity index (χ1) is 13.1. The Hall–Kier alpha value is -3.21. The Balaban J connectivity index is 2.21. The van der Waals surface area contributed by atoms with E-state index in [-0.39, 0.29) is 12.0 Å². The van der Waals surface area contributed by atoms with Crippen LogP contribution in [0.4, 0.5) is 0 Å². The van der Waals surface area contributed by atoms with Crippen LogP contribution < -0.4 is 20.1 Å². The topological polar surface area (TPSA) is 121 Å². The van der Waals surface area contributed by atoms with Gasteiger partial charge in [-0.1, -0.05) is 6.42 Å². The highest BCUT2D eigenvalue weighted by Crippen LogP contribution is 2.16. The molecule has 0 unspecified atom stereocenters. The summed E-state index contributed by atoms with van der Waals surface area (Å²) in [7, 11) is 1.59. The number of carbonyl (C=O) groups is 2. The van der Waals surface area contributed by atoms with Crippen LogP contribution in [-0.2, 0) is 9.59 Å². The monoisotopic (exact) mass is 375 g/mol. The van der Waals surface area contributed by atoms with Crippen molar-refractivity contribution in [2.75, 3.05) is 26.8 Å². The number of rotatable bonds is 13. The highest BCUT2D eigenvalue weighted by molar-refractivity contribution is 5.97. The first-order valence-electron chi connectivity index (χ1n) is 8.67.